The molecule has 0 radical (unpaired) electrons. The van der Waals surface area contributed by atoms with Crippen LogP contribution >= 0.6 is 23.2 Å². The Morgan fingerprint density at radius 3 is 2.41 bits per heavy atom. The summed E-state index contributed by atoms with van der Waals surface area (Å²) < 4.78 is 28.1. The van der Waals surface area contributed by atoms with E-state index in [0.717, 1.165) is 15.4 Å². The monoisotopic (exact) mass is 427 g/mol. The molecule has 9 heteroatoms. The maximum atomic E-state index is 12.8. The third-order valence-corrected chi connectivity index (χ3v) is 6.92. The summed E-state index contributed by atoms with van der Waals surface area (Å²) in [4.78, 5) is 12.3. The van der Waals surface area contributed by atoms with E-state index in [2.05, 4.69) is 5.32 Å². The van der Waals surface area contributed by atoms with Gasteiger partial charge in [-0.2, -0.15) is 17.0 Å². The molecule has 0 aromatic heterocycles. The van der Waals surface area contributed by atoms with E-state index in [-0.39, 0.29) is 22.3 Å². The Bertz CT molecular complexity index is 946. The summed E-state index contributed by atoms with van der Waals surface area (Å²) in [6, 6.07) is 12.6. The van der Waals surface area contributed by atoms with Crippen LogP contribution in [0.1, 0.15) is 11.1 Å². The number of hydrogen-bond acceptors (Lipinski definition) is 3. The molecule has 0 unspecified atom stereocenters. The van der Waals surface area contributed by atoms with Crippen molar-refractivity contribution in [3.05, 3.63) is 63.6 Å². The average Bonchev–Trinajstić information content (AvgIpc) is 2.64. The lowest BCUT2D eigenvalue weighted by atomic mass is 10.0. The van der Waals surface area contributed by atoms with E-state index >= 15 is 0 Å². The van der Waals surface area contributed by atoms with E-state index in [1.165, 1.54) is 11.4 Å². The predicted molar refractivity (Wildman–Crippen MR) is 107 cm³/mol. The highest BCUT2D eigenvalue weighted by Gasteiger charge is 2.31. The van der Waals surface area contributed by atoms with Gasteiger partial charge in [0, 0.05) is 20.1 Å². The van der Waals surface area contributed by atoms with Gasteiger partial charge in [0.25, 0.3) is 10.2 Å². The maximum absolute atomic E-state index is 12.8. The van der Waals surface area contributed by atoms with Crippen LogP contribution < -0.4 is 5.32 Å². The lowest BCUT2D eigenvalue weighted by Gasteiger charge is -2.31. The Labute approximate surface area is 168 Å². The molecule has 2 aromatic carbocycles. The molecule has 27 heavy (non-hydrogen) atoms. The Morgan fingerprint density at radius 2 is 1.74 bits per heavy atom. The SMILES string of the molecule is CN(CC(=O)Nc1c(Cl)cccc1Cl)S(=O)(=O)N1CCc2ccccc2C1. The van der Waals surface area contributed by atoms with Crippen LogP contribution in [0.4, 0.5) is 5.69 Å². The second-order valence-corrected chi connectivity index (χ2v) is 9.11. The fourth-order valence-electron chi connectivity index (χ4n) is 2.94. The van der Waals surface area contributed by atoms with Crippen molar-refractivity contribution in [1.82, 2.24) is 8.61 Å². The molecule has 0 spiro atoms. The number of carbonyl (C=O) groups is 1. The highest BCUT2D eigenvalue weighted by atomic mass is 35.5. The maximum Gasteiger partial charge on any atom is 0.282 e. The van der Waals surface area contributed by atoms with E-state index in [1.54, 1.807) is 18.2 Å². The predicted octanol–water partition coefficient (Wildman–Crippen LogP) is 3.17. The molecule has 1 heterocycles. The van der Waals surface area contributed by atoms with Crippen molar-refractivity contribution in [3.8, 4) is 0 Å². The molecular weight excluding hydrogens is 409 g/mol. The summed E-state index contributed by atoms with van der Waals surface area (Å²) in [6.45, 7) is 0.324. The largest absolute Gasteiger partial charge is 0.322 e. The highest BCUT2D eigenvalue weighted by molar-refractivity contribution is 7.86. The first kappa shape index (κ1) is 20.1. The number of nitrogens with zero attached hydrogens (tertiary/aromatic N) is 2. The van der Waals surface area contributed by atoms with Gasteiger partial charge < -0.3 is 5.32 Å². The molecule has 1 aliphatic heterocycles. The summed E-state index contributed by atoms with van der Waals surface area (Å²) in [5.41, 5.74) is 2.40. The molecule has 0 saturated carbocycles. The topological polar surface area (TPSA) is 69.7 Å². The van der Waals surface area contributed by atoms with Crippen LogP contribution in [0, 0.1) is 0 Å². The van der Waals surface area contributed by atoms with Gasteiger partial charge in [0.15, 0.2) is 0 Å². The van der Waals surface area contributed by atoms with Crippen molar-refractivity contribution in [2.75, 3.05) is 25.5 Å². The van der Waals surface area contributed by atoms with E-state index in [4.69, 9.17) is 23.2 Å². The average molecular weight is 428 g/mol. The second kappa shape index (κ2) is 8.16. The molecule has 0 saturated heterocycles. The number of fused-ring (bicyclic) bond motifs is 1. The molecule has 0 bridgehead atoms. The number of anilines is 1. The molecule has 3 rings (SSSR count). The Balaban J connectivity index is 1.68. The number of carbonyl (C=O) groups excluding carboxylic acids is 1. The number of rotatable bonds is 5. The zero-order valence-electron chi connectivity index (χ0n) is 14.7. The standard InChI is InChI=1S/C18H19Cl2N3O3S/c1-22(12-17(24)21-18-15(19)7-4-8-16(18)20)27(25,26)23-10-9-13-5-2-3-6-14(13)11-23/h2-8H,9-12H2,1H3,(H,21,24). The number of nitrogens with one attached hydrogen (secondary N) is 1. The van der Waals surface area contributed by atoms with Crippen molar-refractivity contribution in [2.24, 2.45) is 0 Å². The number of likely N-dealkylation sites (N-methyl/N-ethyl adjacent to an activating group) is 1. The highest BCUT2D eigenvalue weighted by Crippen LogP contribution is 2.29. The molecule has 0 atom stereocenters. The van der Waals surface area contributed by atoms with E-state index in [0.29, 0.717) is 19.5 Å². The van der Waals surface area contributed by atoms with E-state index < -0.39 is 16.1 Å². The summed E-state index contributed by atoms with van der Waals surface area (Å²) in [6.07, 6.45) is 0.644. The first-order valence-electron chi connectivity index (χ1n) is 8.31. The summed E-state index contributed by atoms with van der Waals surface area (Å²) >= 11 is 12.1. The lowest BCUT2D eigenvalue weighted by molar-refractivity contribution is -0.116. The van der Waals surface area contributed by atoms with Gasteiger partial charge in [-0.1, -0.05) is 53.5 Å². The quantitative estimate of drug-likeness (QED) is 0.796. The summed E-state index contributed by atoms with van der Waals surface area (Å²) in [5.74, 6) is -0.520. The Kier molecular flexibility index (Phi) is 6.08. The van der Waals surface area contributed by atoms with Crippen molar-refractivity contribution in [1.29, 1.82) is 0 Å². The van der Waals surface area contributed by atoms with Gasteiger partial charge >= 0.3 is 0 Å². The van der Waals surface area contributed by atoms with Crippen molar-refractivity contribution < 1.29 is 13.2 Å². The van der Waals surface area contributed by atoms with Crippen molar-refractivity contribution >= 4 is 45.0 Å². The first-order chi connectivity index (χ1) is 12.8. The van der Waals surface area contributed by atoms with Crippen molar-refractivity contribution in [3.63, 3.8) is 0 Å². The van der Waals surface area contributed by atoms with Gasteiger partial charge in [-0.3, -0.25) is 4.79 Å². The molecule has 144 valence electrons. The third-order valence-electron chi connectivity index (χ3n) is 4.41. The van der Waals surface area contributed by atoms with Crippen LogP contribution in [-0.4, -0.2) is 43.1 Å². The summed E-state index contributed by atoms with van der Waals surface area (Å²) in [5, 5.41) is 3.14. The van der Waals surface area contributed by atoms with Crippen LogP contribution in [-0.2, 0) is 28.0 Å². The van der Waals surface area contributed by atoms with E-state index in [1.807, 2.05) is 24.3 Å². The van der Waals surface area contributed by atoms with E-state index in [9.17, 15) is 13.2 Å². The number of para-hydroxylation sites is 1. The zero-order chi connectivity index (χ0) is 19.6. The zero-order valence-corrected chi connectivity index (χ0v) is 17.0. The minimum absolute atomic E-state index is 0.267. The van der Waals surface area contributed by atoms with Crippen LogP contribution in [0.2, 0.25) is 10.0 Å². The van der Waals surface area contributed by atoms with Gasteiger partial charge in [0.2, 0.25) is 5.91 Å². The Hall–Kier alpha value is -1.64. The van der Waals surface area contributed by atoms with Crippen LogP contribution in [0.3, 0.4) is 0 Å². The molecular formula is C18H19Cl2N3O3S. The minimum atomic E-state index is -3.77. The fraction of sp³-hybridized carbons (Fsp3) is 0.278. The Morgan fingerprint density at radius 1 is 1.11 bits per heavy atom. The normalized spacial score (nSPS) is 14.8. The van der Waals surface area contributed by atoms with Crippen LogP contribution in [0.25, 0.3) is 0 Å². The molecule has 1 amide bonds. The van der Waals surface area contributed by atoms with Gasteiger partial charge in [-0.15, -0.1) is 0 Å². The fourth-order valence-corrected chi connectivity index (χ4v) is 4.73. The molecule has 0 aliphatic carbocycles. The van der Waals surface area contributed by atoms with Gasteiger partial charge in [-0.25, -0.2) is 0 Å². The van der Waals surface area contributed by atoms with Crippen molar-refractivity contribution in [2.45, 2.75) is 13.0 Å². The lowest BCUT2D eigenvalue weighted by Crippen LogP contribution is -2.46. The second-order valence-electron chi connectivity index (χ2n) is 6.26. The van der Waals surface area contributed by atoms with Crippen LogP contribution in [0.15, 0.2) is 42.5 Å². The third kappa shape index (κ3) is 4.44. The minimum Gasteiger partial charge on any atom is -0.322 e. The molecule has 6 nitrogen and oxygen atoms in total. The number of amides is 1. The summed E-state index contributed by atoms with van der Waals surface area (Å²) in [7, 11) is -2.39. The molecule has 2 aromatic rings. The molecule has 1 N–H and O–H groups in total. The molecule has 0 fully saturated rings. The van der Waals surface area contributed by atoms with Gasteiger partial charge in [0.05, 0.1) is 22.3 Å². The van der Waals surface area contributed by atoms with Gasteiger partial charge in [0.1, 0.15) is 0 Å². The number of benzene rings is 2. The van der Waals surface area contributed by atoms with Gasteiger partial charge in [-0.05, 0) is 29.7 Å². The van der Waals surface area contributed by atoms with Crippen LogP contribution in [0.5, 0.6) is 0 Å². The first-order valence-corrected chi connectivity index (χ1v) is 10.5. The molecule has 1 aliphatic rings. The number of hydrogen-bond donors (Lipinski definition) is 1. The number of halogens is 2. The smallest absolute Gasteiger partial charge is 0.282 e.